The number of rotatable bonds is 4. The number of carbonyl (C=O) groups is 1. The van der Waals surface area contributed by atoms with Crippen molar-refractivity contribution in [2.45, 2.75) is 0 Å². The van der Waals surface area contributed by atoms with E-state index in [1.54, 1.807) is 36.2 Å². The van der Waals surface area contributed by atoms with Gasteiger partial charge in [0.2, 0.25) is 0 Å². The molecule has 5 rings (SSSR count). The number of fused-ring (bicyclic) bond motifs is 1. The van der Waals surface area contributed by atoms with Crippen molar-refractivity contribution in [1.29, 1.82) is 0 Å². The Kier molecular flexibility index (Phi) is 4.99. The van der Waals surface area contributed by atoms with Gasteiger partial charge in [-0.25, -0.2) is 9.97 Å². The fourth-order valence-electron chi connectivity index (χ4n) is 3.22. The van der Waals surface area contributed by atoms with E-state index in [0.29, 0.717) is 24.6 Å². The molecule has 30 heavy (non-hydrogen) atoms. The van der Waals surface area contributed by atoms with Gasteiger partial charge in [-0.1, -0.05) is 11.3 Å². The summed E-state index contributed by atoms with van der Waals surface area (Å²) in [6, 6.07) is 7.22. The van der Waals surface area contributed by atoms with Gasteiger partial charge in [0, 0.05) is 42.6 Å². The summed E-state index contributed by atoms with van der Waals surface area (Å²) in [6.07, 6.45) is 5.07. The standard InChI is InChI=1S/C20H17N7O2S/c28-19(13-1-2-21-18(9-13)27-3-5-29-6-4-27)25-17-8-14-7-16(20-26-24-12-30-20)22-10-15(14)11-23-17/h1-2,7-12H,3-6H2,(H,23,25,28). The lowest BCUT2D eigenvalue weighted by Gasteiger charge is -2.27. The van der Waals surface area contributed by atoms with E-state index in [1.807, 2.05) is 12.1 Å². The molecular weight excluding hydrogens is 402 g/mol. The molecule has 9 nitrogen and oxygen atoms in total. The van der Waals surface area contributed by atoms with Crippen molar-refractivity contribution in [3.8, 4) is 10.7 Å². The number of ether oxygens (including phenoxy) is 1. The van der Waals surface area contributed by atoms with Crippen molar-refractivity contribution >= 4 is 39.7 Å². The van der Waals surface area contributed by atoms with Crippen LogP contribution in [0.4, 0.5) is 11.6 Å². The lowest BCUT2D eigenvalue weighted by molar-refractivity contribution is 0.102. The van der Waals surface area contributed by atoms with E-state index in [1.165, 1.54) is 11.3 Å². The number of nitrogens with one attached hydrogen (secondary N) is 1. The third kappa shape index (κ3) is 3.82. The highest BCUT2D eigenvalue weighted by Gasteiger charge is 2.15. The van der Waals surface area contributed by atoms with Crippen molar-refractivity contribution in [3.05, 3.63) is 53.9 Å². The number of anilines is 2. The highest BCUT2D eigenvalue weighted by Crippen LogP contribution is 2.24. The molecule has 1 N–H and O–H groups in total. The van der Waals surface area contributed by atoms with Crippen molar-refractivity contribution in [3.63, 3.8) is 0 Å². The second kappa shape index (κ2) is 8.09. The molecule has 5 heterocycles. The van der Waals surface area contributed by atoms with E-state index in [-0.39, 0.29) is 5.91 Å². The SMILES string of the molecule is O=C(Nc1cc2cc(-c3nncs3)ncc2cn1)c1ccnc(N2CCOCC2)c1. The highest BCUT2D eigenvalue weighted by molar-refractivity contribution is 7.12. The quantitative estimate of drug-likeness (QED) is 0.538. The molecule has 0 aromatic carbocycles. The van der Waals surface area contributed by atoms with Gasteiger partial charge in [-0.2, -0.15) is 0 Å². The maximum Gasteiger partial charge on any atom is 0.257 e. The van der Waals surface area contributed by atoms with Crippen LogP contribution in [0.1, 0.15) is 10.4 Å². The summed E-state index contributed by atoms with van der Waals surface area (Å²) in [6.45, 7) is 2.84. The van der Waals surface area contributed by atoms with Crippen LogP contribution >= 0.6 is 11.3 Å². The molecule has 150 valence electrons. The summed E-state index contributed by atoms with van der Waals surface area (Å²) < 4.78 is 5.38. The molecule has 1 aliphatic heterocycles. The van der Waals surface area contributed by atoms with Gasteiger partial charge < -0.3 is 15.0 Å². The Morgan fingerprint density at radius 2 is 1.93 bits per heavy atom. The molecule has 1 fully saturated rings. The van der Waals surface area contributed by atoms with Crippen molar-refractivity contribution in [2.75, 3.05) is 36.5 Å². The number of pyridine rings is 3. The van der Waals surface area contributed by atoms with Crippen molar-refractivity contribution < 1.29 is 9.53 Å². The van der Waals surface area contributed by atoms with E-state index in [4.69, 9.17) is 4.74 Å². The van der Waals surface area contributed by atoms with Gasteiger partial charge in [0.15, 0.2) is 5.01 Å². The van der Waals surface area contributed by atoms with E-state index in [2.05, 4.69) is 35.4 Å². The summed E-state index contributed by atoms with van der Waals surface area (Å²) in [5.41, 5.74) is 2.93. The minimum atomic E-state index is -0.239. The van der Waals surface area contributed by atoms with E-state index in [0.717, 1.165) is 40.4 Å². The Labute approximate surface area is 175 Å². The van der Waals surface area contributed by atoms with Crippen LogP contribution in [0.15, 0.2) is 48.4 Å². The molecule has 0 saturated carbocycles. The normalized spacial score (nSPS) is 14.1. The van der Waals surface area contributed by atoms with Crippen molar-refractivity contribution in [1.82, 2.24) is 25.1 Å². The molecule has 1 saturated heterocycles. The Hall–Kier alpha value is -3.50. The summed E-state index contributed by atoms with van der Waals surface area (Å²) in [5.74, 6) is 0.994. The molecule has 0 radical (unpaired) electrons. The van der Waals surface area contributed by atoms with Gasteiger partial charge in [0.1, 0.15) is 22.8 Å². The van der Waals surface area contributed by atoms with Crippen LogP contribution in [-0.4, -0.2) is 57.4 Å². The number of hydrogen-bond donors (Lipinski definition) is 1. The van der Waals surface area contributed by atoms with Crippen LogP contribution < -0.4 is 10.2 Å². The summed E-state index contributed by atoms with van der Waals surface area (Å²) in [4.78, 5) is 28.0. The number of hydrogen-bond acceptors (Lipinski definition) is 9. The predicted molar refractivity (Wildman–Crippen MR) is 114 cm³/mol. The maximum absolute atomic E-state index is 12.8. The average molecular weight is 419 g/mol. The van der Waals surface area contributed by atoms with Crippen LogP contribution in [0.3, 0.4) is 0 Å². The Morgan fingerprint density at radius 1 is 1.07 bits per heavy atom. The van der Waals surface area contributed by atoms with Crippen LogP contribution in [-0.2, 0) is 4.74 Å². The minimum absolute atomic E-state index is 0.239. The first kappa shape index (κ1) is 18.5. The van der Waals surface area contributed by atoms with Crippen LogP contribution in [0.25, 0.3) is 21.5 Å². The van der Waals surface area contributed by atoms with Gasteiger partial charge >= 0.3 is 0 Å². The fourth-order valence-corrected chi connectivity index (χ4v) is 3.74. The second-order valence-corrected chi connectivity index (χ2v) is 7.52. The molecule has 4 aromatic heterocycles. The molecule has 0 bridgehead atoms. The number of aromatic nitrogens is 5. The number of nitrogens with zero attached hydrogens (tertiary/aromatic N) is 6. The first-order valence-electron chi connectivity index (χ1n) is 9.39. The molecule has 1 aliphatic rings. The van der Waals surface area contributed by atoms with Gasteiger partial charge in [-0.15, -0.1) is 10.2 Å². The predicted octanol–water partition coefficient (Wildman–Crippen LogP) is 2.63. The molecule has 0 atom stereocenters. The molecule has 10 heteroatoms. The lowest BCUT2D eigenvalue weighted by atomic mass is 10.2. The van der Waals surface area contributed by atoms with Gasteiger partial charge in [-0.3, -0.25) is 9.78 Å². The van der Waals surface area contributed by atoms with E-state index in [9.17, 15) is 4.79 Å². The second-order valence-electron chi connectivity index (χ2n) is 6.69. The minimum Gasteiger partial charge on any atom is -0.378 e. The van der Waals surface area contributed by atoms with Crippen LogP contribution in [0.5, 0.6) is 0 Å². The first-order chi connectivity index (χ1) is 14.8. The fraction of sp³-hybridized carbons (Fsp3) is 0.200. The number of carbonyl (C=O) groups excluding carboxylic acids is 1. The first-order valence-corrected chi connectivity index (χ1v) is 10.3. The van der Waals surface area contributed by atoms with E-state index < -0.39 is 0 Å². The van der Waals surface area contributed by atoms with Crippen LogP contribution in [0.2, 0.25) is 0 Å². The molecule has 1 amide bonds. The summed E-state index contributed by atoms with van der Waals surface area (Å²) >= 11 is 1.42. The molecular formula is C20H17N7O2S. The maximum atomic E-state index is 12.8. The van der Waals surface area contributed by atoms with Gasteiger partial charge in [0.25, 0.3) is 5.91 Å². The summed E-state index contributed by atoms with van der Waals surface area (Å²) in [5, 5.41) is 13.3. The highest BCUT2D eigenvalue weighted by atomic mass is 32.1. The zero-order valence-electron chi connectivity index (χ0n) is 15.9. The Bertz CT molecular complexity index is 1190. The van der Waals surface area contributed by atoms with Gasteiger partial charge in [-0.05, 0) is 29.7 Å². The third-order valence-electron chi connectivity index (χ3n) is 4.77. The zero-order valence-corrected chi connectivity index (χ0v) is 16.7. The molecule has 4 aromatic rings. The van der Waals surface area contributed by atoms with E-state index >= 15 is 0 Å². The molecule has 0 unspecified atom stereocenters. The topological polar surface area (TPSA) is 106 Å². The number of morpholine rings is 1. The van der Waals surface area contributed by atoms with Crippen LogP contribution in [0, 0.1) is 0 Å². The van der Waals surface area contributed by atoms with Gasteiger partial charge in [0.05, 0.1) is 13.2 Å². The largest absolute Gasteiger partial charge is 0.378 e. The average Bonchev–Trinajstić information content (AvgIpc) is 3.34. The Morgan fingerprint density at radius 3 is 2.77 bits per heavy atom. The molecule has 0 aliphatic carbocycles. The number of amides is 1. The zero-order chi connectivity index (χ0) is 20.3. The third-order valence-corrected chi connectivity index (χ3v) is 5.48. The smallest absolute Gasteiger partial charge is 0.257 e. The summed E-state index contributed by atoms with van der Waals surface area (Å²) in [7, 11) is 0. The lowest BCUT2D eigenvalue weighted by Crippen LogP contribution is -2.36. The van der Waals surface area contributed by atoms with Crippen molar-refractivity contribution in [2.24, 2.45) is 0 Å². The monoisotopic (exact) mass is 419 g/mol. The molecule has 0 spiro atoms. The Balaban J connectivity index is 1.37.